The highest BCUT2D eigenvalue weighted by molar-refractivity contribution is 7.17. The van der Waals surface area contributed by atoms with Crippen molar-refractivity contribution in [2.45, 2.75) is 0 Å². The van der Waals surface area contributed by atoms with E-state index >= 15 is 0 Å². The Morgan fingerprint density at radius 1 is 1.30 bits per heavy atom. The van der Waals surface area contributed by atoms with Gasteiger partial charge in [-0.15, -0.1) is 5.10 Å². The summed E-state index contributed by atoms with van der Waals surface area (Å²) in [5.41, 5.74) is 0.609. The molecule has 3 rings (SSSR count). The molecule has 0 spiro atoms. The van der Waals surface area contributed by atoms with Gasteiger partial charge in [-0.05, 0) is 24.3 Å². The quantitative estimate of drug-likeness (QED) is 0.568. The van der Waals surface area contributed by atoms with Gasteiger partial charge in [0.15, 0.2) is 0 Å². The number of benzene rings is 1. The first-order valence-electron chi connectivity index (χ1n) is 6.18. The summed E-state index contributed by atoms with van der Waals surface area (Å²) in [4.78, 5) is 22.2. The number of nitrogens with zero attached hydrogens (tertiary/aromatic N) is 3. The third kappa shape index (κ3) is 3.35. The molecule has 0 saturated heterocycles. The fourth-order valence-corrected chi connectivity index (χ4v) is 2.62. The highest BCUT2D eigenvalue weighted by atomic mass is 35.5. The standard InChI is InChI=1S/C13H7ClN4O4S/c14-8-3-1-2-7(6-8)12-16-17-13(22-12)15-11(19)9-4-5-10(23-9)18(20)21/h1-6H,(H,15,17,19). The molecular formula is C13H7ClN4O4S. The Balaban J connectivity index is 1.75. The van der Waals surface area contributed by atoms with Gasteiger partial charge in [0, 0.05) is 16.7 Å². The van der Waals surface area contributed by atoms with E-state index in [0.717, 1.165) is 11.3 Å². The lowest BCUT2D eigenvalue weighted by Crippen LogP contribution is -2.10. The Morgan fingerprint density at radius 3 is 2.83 bits per heavy atom. The number of thiophene rings is 1. The third-order valence-electron chi connectivity index (χ3n) is 2.71. The van der Waals surface area contributed by atoms with Gasteiger partial charge in [0.1, 0.15) is 0 Å². The summed E-state index contributed by atoms with van der Waals surface area (Å²) >= 11 is 6.64. The maximum absolute atomic E-state index is 12.0. The molecule has 2 aromatic heterocycles. The van der Waals surface area contributed by atoms with E-state index in [4.69, 9.17) is 16.0 Å². The van der Waals surface area contributed by atoms with Crippen molar-refractivity contribution < 1.29 is 14.1 Å². The van der Waals surface area contributed by atoms with Gasteiger partial charge in [0.25, 0.3) is 5.91 Å². The molecule has 0 bridgehead atoms. The zero-order valence-corrected chi connectivity index (χ0v) is 12.8. The lowest BCUT2D eigenvalue weighted by Gasteiger charge is -1.97. The minimum atomic E-state index is -0.565. The maximum Gasteiger partial charge on any atom is 0.324 e. The van der Waals surface area contributed by atoms with Gasteiger partial charge in [-0.2, -0.15) is 0 Å². The van der Waals surface area contributed by atoms with Crippen molar-refractivity contribution in [3.63, 3.8) is 0 Å². The van der Waals surface area contributed by atoms with Crippen LogP contribution in [0.3, 0.4) is 0 Å². The van der Waals surface area contributed by atoms with Crippen LogP contribution in [-0.4, -0.2) is 21.0 Å². The summed E-state index contributed by atoms with van der Waals surface area (Å²) in [6.07, 6.45) is 0. The number of anilines is 1. The van der Waals surface area contributed by atoms with Crippen molar-refractivity contribution in [1.82, 2.24) is 10.2 Å². The van der Waals surface area contributed by atoms with E-state index in [1.807, 2.05) is 0 Å². The predicted molar refractivity (Wildman–Crippen MR) is 83.7 cm³/mol. The van der Waals surface area contributed by atoms with Gasteiger partial charge in [0.2, 0.25) is 5.89 Å². The van der Waals surface area contributed by atoms with Crippen molar-refractivity contribution in [3.8, 4) is 11.5 Å². The van der Waals surface area contributed by atoms with E-state index in [9.17, 15) is 14.9 Å². The molecule has 0 aliphatic heterocycles. The van der Waals surface area contributed by atoms with Gasteiger partial charge in [-0.3, -0.25) is 20.2 Å². The lowest BCUT2D eigenvalue weighted by atomic mass is 10.2. The van der Waals surface area contributed by atoms with Crippen molar-refractivity contribution in [1.29, 1.82) is 0 Å². The number of nitro groups is 1. The molecule has 1 aromatic carbocycles. The summed E-state index contributed by atoms with van der Waals surface area (Å²) in [5.74, 6) is -0.371. The molecule has 8 nitrogen and oxygen atoms in total. The zero-order valence-electron chi connectivity index (χ0n) is 11.2. The van der Waals surface area contributed by atoms with E-state index in [1.54, 1.807) is 24.3 Å². The topological polar surface area (TPSA) is 111 Å². The molecule has 0 aliphatic rings. The van der Waals surface area contributed by atoms with Gasteiger partial charge in [-0.25, -0.2) is 0 Å². The number of nitrogens with one attached hydrogen (secondary N) is 1. The Morgan fingerprint density at radius 2 is 2.13 bits per heavy atom. The number of carbonyl (C=O) groups is 1. The van der Waals surface area contributed by atoms with Gasteiger partial charge in [-0.1, -0.05) is 34.1 Å². The first-order valence-corrected chi connectivity index (χ1v) is 7.37. The molecule has 0 fully saturated rings. The minimum absolute atomic E-state index is 0.110. The van der Waals surface area contributed by atoms with Crippen LogP contribution in [0.4, 0.5) is 11.0 Å². The van der Waals surface area contributed by atoms with Crippen LogP contribution in [0.25, 0.3) is 11.5 Å². The number of carbonyl (C=O) groups excluding carboxylic acids is 1. The van der Waals surface area contributed by atoms with Crippen LogP contribution < -0.4 is 5.32 Å². The first-order chi connectivity index (χ1) is 11.0. The maximum atomic E-state index is 12.0. The second kappa shape index (κ2) is 6.15. The number of halogens is 1. The molecule has 10 heteroatoms. The fourth-order valence-electron chi connectivity index (χ4n) is 1.72. The number of hydrogen-bond donors (Lipinski definition) is 1. The monoisotopic (exact) mass is 350 g/mol. The van der Waals surface area contributed by atoms with Crippen molar-refractivity contribution in [2.75, 3.05) is 5.32 Å². The van der Waals surface area contributed by atoms with Crippen LogP contribution in [0.5, 0.6) is 0 Å². The Hall–Kier alpha value is -2.78. The van der Waals surface area contributed by atoms with E-state index in [2.05, 4.69) is 15.5 Å². The van der Waals surface area contributed by atoms with Crippen LogP contribution in [0.1, 0.15) is 9.67 Å². The Bertz CT molecular complexity index is 891. The van der Waals surface area contributed by atoms with Gasteiger partial charge < -0.3 is 4.42 Å². The van der Waals surface area contributed by atoms with E-state index in [-0.39, 0.29) is 21.8 Å². The smallest absolute Gasteiger partial charge is 0.324 e. The number of aromatic nitrogens is 2. The summed E-state index contributed by atoms with van der Waals surface area (Å²) in [7, 11) is 0. The largest absolute Gasteiger partial charge is 0.403 e. The van der Waals surface area contributed by atoms with E-state index in [1.165, 1.54) is 12.1 Å². The zero-order chi connectivity index (χ0) is 16.4. The molecule has 0 atom stereocenters. The molecule has 1 N–H and O–H groups in total. The Kier molecular flexibility index (Phi) is 4.04. The summed E-state index contributed by atoms with van der Waals surface area (Å²) in [6.45, 7) is 0. The normalized spacial score (nSPS) is 10.5. The van der Waals surface area contributed by atoms with Crippen LogP contribution in [0.2, 0.25) is 5.02 Å². The molecule has 1 amide bonds. The van der Waals surface area contributed by atoms with Crippen LogP contribution >= 0.6 is 22.9 Å². The Labute approximate surface area is 137 Å². The number of rotatable bonds is 4. The molecule has 0 saturated carbocycles. The number of amides is 1. The molecule has 3 aromatic rings. The first kappa shape index (κ1) is 15.1. The third-order valence-corrected chi connectivity index (χ3v) is 3.98. The van der Waals surface area contributed by atoms with Gasteiger partial charge >= 0.3 is 11.0 Å². The van der Waals surface area contributed by atoms with Crippen LogP contribution in [0, 0.1) is 10.1 Å². The van der Waals surface area contributed by atoms with Gasteiger partial charge in [0.05, 0.1) is 9.80 Å². The summed E-state index contributed by atoms with van der Waals surface area (Å²) < 4.78 is 5.33. The minimum Gasteiger partial charge on any atom is -0.403 e. The molecule has 0 radical (unpaired) electrons. The van der Waals surface area contributed by atoms with Crippen molar-refractivity contribution in [3.05, 3.63) is 56.4 Å². The van der Waals surface area contributed by atoms with Crippen molar-refractivity contribution in [2.24, 2.45) is 0 Å². The highest BCUT2D eigenvalue weighted by Crippen LogP contribution is 2.26. The summed E-state index contributed by atoms with van der Waals surface area (Å²) in [6, 6.07) is 9.30. The second-order valence-electron chi connectivity index (χ2n) is 4.27. The van der Waals surface area contributed by atoms with Crippen LogP contribution in [-0.2, 0) is 0 Å². The van der Waals surface area contributed by atoms with Crippen LogP contribution in [0.15, 0.2) is 40.8 Å². The number of hydrogen-bond acceptors (Lipinski definition) is 7. The second-order valence-corrected chi connectivity index (χ2v) is 5.77. The van der Waals surface area contributed by atoms with Crippen molar-refractivity contribution >= 4 is 39.9 Å². The molecule has 2 heterocycles. The molecule has 116 valence electrons. The summed E-state index contributed by atoms with van der Waals surface area (Å²) in [5, 5.41) is 20.9. The SMILES string of the molecule is O=C(Nc1nnc(-c2cccc(Cl)c2)o1)c1ccc([N+](=O)[O-])s1. The predicted octanol–water partition coefficient (Wildman–Crippen LogP) is 3.61. The lowest BCUT2D eigenvalue weighted by molar-refractivity contribution is -0.380. The van der Waals surface area contributed by atoms with E-state index < -0.39 is 10.8 Å². The molecular weight excluding hydrogens is 344 g/mol. The average Bonchev–Trinajstić information content (AvgIpc) is 3.16. The molecule has 23 heavy (non-hydrogen) atoms. The molecule has 0 unspecified atom stereocenters. The van der Waals surface area contributed by atoms with E-state index in [0.29, 0.717) is 10.6 Å². The average molecular weight is 351 g/mol. The fraction of sp³-hybridized carbons (Fsp3) is 0. The highest BCUT2D eigenvalue weighted by Gasteiger charge is 2.17. The molecule has 0 aliphatic carbocycles.